The van der Waals surface area contributed by atoms with Gasteiger partial charge in [0.25, 0.3) is 0 Å². The van der Waals surface area contributed by atoms with E-state index in [4.69, 9.17) is 9.47 Å². The summed E-state index contributed by atoms with van der Waals surface area (Å²) in [5, 5.41) is 0. The fourth-order valence-electron chi connectivity index (χ4n) is 3.68. The third-order valence-corrected chi connectivity index (χ3v) is 4.96. The number of hydrogen-bond acceptors (Lipinski definition) is 5. The zero-order valence-corrected chi connectivity index (χ0v) is 14.6. The highest BCUT2D eigenvalue weighted by Gasteiger charge is 2.29. The van der Waals surface area contributed by atoms with E-state index in [9.17, 15) is 0 Å². The van der Waals surface area contributed by atoms with Gasteiger partial charge in [0.1, 0.15) is 18.2 Å². The Hall–Kier alpha value is -3.08. The van der Waals surface area contributed by atoms with Crippen molar-refractivity contribution in [3.63, 3.8) is 0 Å². The Morgan fingerprint density at radius 2 is 1.81 bits per heavy atom. The molecule has 0 amide bonds. The van der Waals surface area contributed by atoms with Gasteiger partial charge in [-0.15, -0.1) is 0 Å². The van der Waals surface area contributed by atoms with Gasteiger partial charge in [-0.1, -0.05) is 12.1 Å². The molecule has 130 valence electrons. The molecule has 0 aliphatic carbocycles. The maximum Gasteiger partial charge on any atom is 0.181 e. The number of rotatable bonds is 1. The van der Waals surface area contributed by atoms with E-state index in [1.165, 1.54) is 11.1 Å². The standard InChI is InChI=1S/C21H19N3O2/c1-14-8-9-17(19-16(14)6-4-12-25-19)24-20-15(5-2-10-22-20)13-26-18-7-3-11-23-21(18)24/h2-3,5,7-11H,4,6,12-13H2,1H3. The third-order valence-electron chi connectivity index (χ3n) is 4.96. The van der Waals surface area contributed by atoms with Gasteiger partial charge >= 0.3 is 0 Å². The Labute approximate surface area is 152 Å². The van der Waals surface area contributed by atoms with Crippen molar-refractivity contribution < 1.29 is 9.47 Å². The van der Waals surface area contributed by atoms with Gasteiger partial charge in [-0.2, -0.15) is 0 Å². The molecular weight excluding hydrogens is 326 g/mol. The quantitative estimate of drug-likeness (QED) is 0.651. The molecule has 26 heavy (non-hydrogen) atoms. The Balaban J connectivity index is 1.79. The van der Waals surface area contributed by atoms with Crippen LogP contribution in [-0.4, -0.2) is 16.6 Å². The van der Waals surface area contributed by atoms with Crippen LogP contribution in [-0.2, 0) is 13.0 Å². The molecule has 0 atom stereocenters. The maximum absolute atomic E-state index is 6.12. The van der Waals surface area contributed by atoms with Gasteiger partial charge in [-0.05, 0) is 55.2 Å². The van der Waals surface area contributed by atoms with Gasteiger partial charge in [-0.3, -0.25) is 4.90 Å². The number of benzene rings is 1. The van der Waals surface area contributed by atoms with Crippen molar-refractivity contribution in [2.24, 2.45) is 0 Å². The molecule has 2 aliphatic heterocycles. The fraction of sp³-hybridized carbons (Fsp3) is 0.238. The highest BCUT2D eigenvalue weighted by Crippen LogP contribution is 2.47. The molecule has 0 fully saturated rings. The van der Waals surface area contributed by atoms with Crippen molar-refractivity contribution in [2.75, 3.05) is 11.5 Å². The smallest absolute Gasteiger partial charge is 0.181 e. The minimum atomic E-state index is 0.466. The SMILES string of the molecule is Cc1ccc(N2c3ncccc3COc3cccnc32)c2c1CCCO2. The van der Waals surface area contributed by atoms with Crippen LogP contribution in [0.5, 0.6) is 11.5 Å². The van der Waals surface area contributed by atoms with Crippen LogP contribution in [0.1, 0.15) is 23.1 Å². The molecule has 5 nitrogen and oxygen atoms in total. The molecule has 0 bridgehead atoms. The maximum atomic E-state index is 6.12. The summed E-state index contributed by atoms with van der Waals surface area (Å²) < 4.78 is 12.1. The number of pyridine rings is 2. The average molecular weight is 345 g/mol. The fourth-order valence-corrected chi connectivity index (χ4v) is 3.68. The molecule has 0 spiro atoms. The summed E-state index contributed by atoms with van der Waals surface area (Å²) >= 11 is 0. The lowest BCUT2D eigenvalue weighted by atomic mass is 9.99. The van der Waals surface area contributed by atoms with Crippen LogP contribution in [0, 0.1) is 6.92 Å². The first-order valence-corrected chi connectivity index (χ1v) is 8.90. The van der Waals surface area contributed by atoms with Gasteiger partial charge in [0.15, 0.2) is 11.6 Å². The lowest BCUT2D eigenvalue weighted by molar-refractivity contribution is 0.289. The molecule has 0 unspecified atom stereocenters. The molecule has 0 N–H and O–H groups in total. The van der Waals surface area contributed by atoms with Crippen LogP contribution >= 0.6 is 0 Å². The van der Waals surface area contributed by atoms with E-state index in [0.717, 1.165) is 53.8 Å². The van der Waals surface area contributed by atoms with Crippen LogP contribution in [0.3, 0.4) is 0 Å². The zero-order valence-electron chi connectivity index (χ0n) is 14.6. The largest absolute Gasteiger partial charge is 0.491 e. The summed E-state index contributed by atoms with van der Waals surface area (Å²) in [6.07, 6.45) is 5.67. The van der Waals surface area contributed by atoms with E-state index in [1.807, 2.05) is 24.3 Å². The molecule has 2 aliphatic rings. The summed E-state index contributed by atoms with van der Waals surface area (Å²) in [4.78, 5) is 11.3. The molecular formula is C21H19N3O2. The molecule has 4 heterocycles. The van der Waals surface area contributed by atoms with Gasteiger partial charge in [0.2, 0.25) is 0 Å². The lowest BCUT2D eigenvalue weighted by Crippen LogP contribution is -2.18. The molecule has 2 aromatic heterocycles. The molecule has 5 rings (SSSR count). The Morgan fingerprint density at radius 3 is 2.73 bits per heavy atom. The van der Waals surface area contributed by atoms with E-state index >= 15 is 0 Å². The van der Waals surface area contributed by atoms with Crippen molar-refractivity contribution in [1.29, 1.82) is 0 Å². The minimum Gasteiger partial charge on any atom is -0.491 e. The molecule has 0 radical (unpaired) electrons. The molecule has 0 saturated carbocycles. The normalized spacial score (nSPS) is 15.0. The average Bonchev–Trinajstić information content (AvgIpc) is 2.86. The van der Waals surface area contributed by atoms with Gasteiger partial charge in [0.05, 0.1) is 12.3 Å². The summed E-state index contributed by atoms with van der Waals surface area (Å²) in [6, 6.07) is 12.1. The van der Waals surface area contributed by atoms with Crippen LogP contribution < -0.4 is 14.4 Å². The number of aromatic nitrogens is 2. The van der Waals surface area contributed by atoms with Crippen molar-refractivity contribution in [3.8, 4) is 11.5 Å². The number of fused-ring (bicyclic) bond motifs is 3. The van der Waals surface area contributed by atoms with Crippen molar-refractivity contribution >= 4 is 17.3 Å². The Bertz CT molecular complexity index is 939. The molecule has 5 heteroatoms. The Kier molecular flexibility index (Phi) is 3.52. The number of ether oxygens (including phenoxy) is 2. The monoisotopic (exact) mass is 345 g/mol. The van der Waals surface area contributed by atoms with Gasteiger partial charge in [-0.25, -0.2) is 9.97 Å². The van der Waals surface area contributed by atoms with E-state index < -0.39 is 0 Å². The van der Waals surface area contributed by atoms with Crippen molar-refractivity contribution in [3.05, 3.63) is 65.5 Å². The van der Waals surface area contributed by atoms with Gasteiger partial charge in [0, 0.05) is 18.0 Å². The summed E-state index contributed by atoms with van der Waals surface area (Å²) in [7, 11) is 0. The van der Waals surface area contributed by atoms with Gasteiger partial charge < -0.3 is 9.47 Å². The second kappa shape index (κ2) is 6.02. The summed E-state index contributed by atoms with van der Waals surface area (Å²) in [6.45, 7) is 3.34. The predicted octanol–water partition coefficient (Wildman–Crippen LogP) is 4.47. The second-order valence-electron chi connectivity index (χ2n) is 6.60. The van der Waals surface area contributed by atoms with Crippen LogP contribution in [0.25, 0.3) is 0 Å². The van der Waals surface area contributed by atoms with E-state index in [0.29, 0.717) is 6.61 Å². The lowest BCUT2D eigenvalue weighted by Gasteiger charge is -2.29. The third kappa shape index (κ3) is 2.31. The second-order valence-corrected chi connectivity index (χ2v) is 6.60. The van der Waals surface area contributed by atoms with Crippen LogP contribution in [0.15, 0.2) is 48.8 Å². The molecule has 1 aromatic carbocycles. The molecule has 3 aromatic rings. The first kappa shape index (κ1) is 15.2. The first-order chi connectivity index (χ1) is 12.8. The van der Waals surface area contributed by atoms with Crippen molar-refractivity contribution in [2.45, 2.75) is 26.4 Å². The van der Waals surface area contributed by atoms with Crippen LogP contribution in [0.2, 0.25) is 0 Å². The summed E-state index contributed by atoms with van der Waals surface area (Å²) in [5.41, 5.74) is 4.53. The zero-order chi connectivity index (χ0) is 17.5. The first-order valence-electron chi connectivity index (χ1n) is 8.90. The number of hydrogen-bond donors (Lipinski definition) is 0. The van der Waals surface area contributed by atoms with Crippen molar-refractivity contribution in [1.82, 2.24) is 9.97 Å². The topological polar surface area (TPSA) is 47.5 Å². The predicted molar refractivity (Wildman–Crippen MR) is 99.6 cm³/mol. The van der Waals surface area contributed by atoms with E-state index in [1.54, 1.807) is 12.4 Å². The van der Waals surface area contributed by atoms with E-state index in [2.05, 4.69) is 33.9 Å². The van der Waals surface area contributed by atoms with Crippen LogP contribution in [0.4, 0.5) is 17.3 Å². The number of aryl methyl sites for hydroxylation is 1. The molecule has 0 saturated heterocycles. The van der Waals surface area contributed by atoms with E-state index in [-0.39, 0.29) is 0 Å². The highest BCUT2D eigenvalue weighted by atomic mass is 16.5. The number of anilines is 3. The highest BCUT2D eigenvalue weighted by molar-refractivity contribution is 5.82. The number of nitrogens with zero attached hydrogens (tertiary/aromatic N) is 3. The minimum absolute atomic E-state index is 0.466. The summed E-state index contributed by atoms with van der Waals surface area (Å²) in [5.74, 6) is 3.26. The Morgan fingerprint density at radius 1 is 0.962 bits per heavy atom.